The van der Waals surface area contributed by atoms with E-state index in [2.05, 4.69) is 6.07 Å². The molecule has 1 aliphatic rings. The fraction of sp³-hybridized carbons (Fsp3) is 0.367. The summed E-state index contributed by atoms with van der Waals surface area (Å²) in [6.07, 6.45) is -0.956. The first-order valence-corrected chi connectivity index (χ1v) is 12.4. The highest BCUT2D eigenvalue weighted by atomic mass is 19.1. The zero-order valence-electron chi connectivity index (χ0n) is 21.4. The number of aliphatic hydroxyl groups excluding tert-OH is 2. The molecule has 1 radical (unpaired) electrons. The molecule has 37 heavy (non-hydrogen) atoms. The number of carbonyl (C=O) groups is 1. The number of ketones is 1. The average molecular weight is 507 g/mol. The van der Waals surface area contributed by atoms with Gasteiger partial charge in [0.25, 0.3) is 0 Å². The summed E-state index contributed by atoms with van der Waals surface area (Å²) in [5.41, 5.74) is 2.54. The number of ether oxygens (including phenoxy) is 2. The van der Waals surface area contributed by atoms with E-state index >= 15 is 0 Å². The highest BCUT2D eigenvalue weighted by Crippen LogP contribution is 2.47. The first kappa shape index (κ1) is 26.8. The number of hydrogen-bond donors (Lipinski definition) is 2. The van der Waals surface area contributed by atoms with Crippen molar-refractivity contribution in [2.75, 3.05) is 40.5 Å². The quantitative estimate of drug-likeness (QED) is 0.428. The summed E-state index contributed by atoms with van der Waals surface area (Å²) in [6.45, 7) is 2.35. The van der Waals surface area contributed by atoms with Crippen LogP contribution in [-0.2, 0) is 0 Å². The number of nitrogens with zero attached hydrogens (tertiary/aromatic N) is 1. The molecule has 0 spiro atoms. The van der Waals surface area contributed by atoms with Crippen molar-refractivity contribution >= 4 is 5.78 Å². The molecule has 1 unspecified atom stereocenters. The van der Waals surface area contributed by atoms with Gasteiger partial charge in [-0.15, -0.1) is 0 Å². The summed E-state index contributed by atoms with van der Waals surface area (Å²) in [4.78, 5) is 16.1. The van der Waals surface area contributed by atoms with Gasteiger partial charge in [-0.05, 0) is 48.4 Å². The molecule has 0 saturated carbocycles. The number of aliphatic hydroxyl groups is 2. The van der Waals surface area contributed by atoms with Crippen LogP contribution in [0, 0.1) is 24.7 Å². The van der Waals surface area contributed by atoms with E-state index in [-0.39, 0.29) is 36.6 Å². The van der Waals surface area contributed by atoms with Crippen LogP contribution in [0.4, 0.5) is 4.39 Å². The lowest BCUT2D eigenvalue weighted by Crippen LogP contribution is -2.49. The SMILES string of the molecule is COc1cccc(C(=O)[C@H]2CN(CC(O)CO)C[C@H](c3[c]cccc3OC)[C@H]2c2cccc(F)c2C)c1. The third kappa shape index (κ3) is 5.69. The monoisotopic (exact) mass is 506 g/mol. The molecular weight excluding hydrogens is 473 g/mol. The van der Waals surface area contributed by atoms with Gasteiger partial charge in [0.15, 0.2) is 5.78 Å². The molecule has 3 aromatic rings. The van der Waals surface area contributed by atoms with Crippen molar-refractivity contribution in [1.82, 2.24) is 4.90 Å². The second-order valence-corrected chi connectivity index (χ2v) is 9.50. The predicted molar refractivity (Wildman–Crippen MR) is 139 cm³/mol. The van der Waals surface area contributed by atoms with Crippen molar-refractivity contribution in [2.45, 2.75) is 24.9 Å². The van der Waals surface area contributed by atoms with Crippen molar-refractivity contribution in [2.24, 2.45) is 5.92 Å². The minimum atomic E-state index is -0.956. The molecule has 2 N–H and O–H groups in total. The lowest BCUT2D eigenvalue weighted by Gasteiger charge is -2.45. The second kappa shape index (κ2) is 11.9. The Hall–Kier alpha value is -3.26. The van der Waals surface area contributed by atoms with Crippen molar-refractivity contribution in [3.63, 3.8) is 0 Å². The summed E-state index contributed by atoms with van der Waals surface area (Å²) in [5.74, 6) is -0.483. The maximum absolute atomic E-state index is 14.8. The van der Waals surface area contributed by atoms with E-state index in [1.807, 2.05) is 23.1 Å². The molecule has 7 heteroatoms. The maximum atomic E-state index is 14.8. The fourth-order valence-corrected chi connectivity index (χ4v) is 5.47. The Labute approximate surface area is 217 Å². The lowest BCUT2D eigenvalue weighted by molar-refractivity contribution is 0.0331. The molecule has 4 rings (SSSR count). The largest absolute Gasteiger partial charge is 0.497 e. The first-order valence-electron chi connectivity index (χ1n) is 12.4. The number of piperidine rings is 1. The van der Waals surface area contributed by atoms with Gasteiger partial charge in [-0.3, -0.25) is 9.69 Å². The van der Waals surface area contributed by atoms with E-state index in [0.717, 1.165) is 11.1 Å². The molecule has 0 aliphatic carbocycles. The number of Topliss-reactive ketones (excluding diaryl/α,β-unsaturated/α-hetero) is 1. The van der Waals surface area contributed by atoms with E-state index in [9.17, 15) is 19.4 Å². The Bertz CT molecular complexity index is 1230. The highest BCUT2D eigenvalue weighted by molar-refractivity contribution is 5.99. The maximum Gasteiger partial charge on any atom is 0.167 e. The van der Waals surface area contributed by atoms with Gasteiger partial charge < -0.3 is 19.7 Å². The van der Waals surface area contributed by atoms with Gasteiger partial charge >= 0.3 is 0 Å². The Morgan fingerprint density at radius 2 is 1.92 bits per heavy atom. The van der Waals surface area contributed by atoms with Crippen LogP contribution >= 0.6 is 0 Å². The molecule has 1 fully saturated rings. The summed E-state index contributed by atoms with van der Waals surface area (Å²) in [6, 6.07) is 20.8. The standard InChI is InChI=1S/C30H33FNO5/c1-19-23(11-7-12-27(19)31)29-25(24-10-4-5-13-28(24)37-3)16-32(15-21(34)18-33)17-26(29)30(35)20-8-6-9-22(14-20)36-2/h4-9,11-14,21,25-26,29,33-34H,15-18H2,1-3H3/t21?,25-,26+,29-/m1/s1. The van der Waals surface area contributed by atoms with Gasteiger partial charge in [0.2, 0.25) is 0 Å². The molecule has 6 nitrogen and oxygen atoms in total. The number of likely N-dealkylation sites (tertiary alicyclic amines) is 1. The van der Waals surface area contributed by atoms with Gasteiger partial charge in [-0.25, -0.2) is 4.39 Å². The van der Waals surface area contributed by atoms with Crippen LogP contribution in [-0.4, -0.2) is 67.5 Å². The van der Waals surface area contributed by atoms with Crippen LogP contribution in [0.3, 0.4) is 0 Å². The Kier molecular flexibility index (Phi) is 8.59. The van der Waals surface area contributed by atoms with Crippen molar-refractivity contribution in [1.29, 1.82) is 0 Å². The number of methoxy groups -OCH3 is 2. The molecule has 1 heterocycles. The summed E-state index contributed by atoms with van der Waals surface area (Å²) in [7, 11) is 3.14. The average Bonchev–Trinajstić information content (AvgIpc) is 2.93. The molecule has 0 bridgehead atoms. The first-order chi connectivity index (χ1) is 17.9. The third-order valence-corrected chi connectivity index (χ3v) is 7.26. The third-order valence-electron chi connectivity index (χ3n) is 7.26. The van der Waals surface area contributed by atoms with Gasteiger partial charge in [0.1, 0.15) is 17.3 Å². The molecule has 1 aliphatic heterocycles. The van der Waals surface area contributed by atoms with Crippen LogP contribution in [0.25, 0.3) is 0 Å². The van der Waals surface area contributed by atoms with Crippen LogP contribution in [0.5, 0.6) is 11.5 Å². The number of hydrogen-bond acceptors (Lipinski definition) is 6. The number of benzene rings is 3. The Morgan fingerprint density at radius 3 is 2.65 bits per heavy atom. The molecule has 3 aromatic carbocycles. The van der Waals surface area contributed by atoms with E-state index in [0.29, 0.717) is 35.7 Å². The molecule has 0 aromatic heterocycles. The Morgan fingerprint density at radius 1 is 1.14 bits per heavy atom. The lowest BCUT2D eigenvalue weighted by atomic mass is 9.67. The van der Waals surface area contributed by atoms with Crippen LogP contribution in [0.15, 0.2) is 60.7 Å². The summed E-state index contributed by atoms with van der Waals surface area (Å²) in [5, 5.41) is 19.8. The van der Waals surface area contributed by atoms with Crippen molar-refractivity contribution in [3.05, 3.63) is 94.8 Å². The number of halogens is 1. The second-order valence-electron chi connectivity index (χ2n) is 9.50. The summed E-state index contributed by atoms with van der Waals surface area (Å²) >= 11 is 0. The van der Waals surface area contributed by atoms with Crippen LogP contribution in [0.2, 0.25) is 0 Å². The fourth-order valence-electron chi connectivity index (χ4n) is 5.47. The number of carbonyl (C=O) groups excluding carboxylic acids is 1. The molecular formula is C30H33FNO5. The van der Waals surface area contributed by atoms with Crippen molar-refractivity contribution < 1.29 is 28.9 Å². The van der Waals surface area contributed by atoms with E-state index in [1.165, 1.54) is 6.07 Å². The van der Waals surface area contributed by atoms with Crippen LogP contribution < -0.4 is 9.47 Å². The minimum Gasteiger partial charge on any atom is -0.497 e. The van der Waals surface area contributed by atoms with Gasteiger partial charge in [0, 0.05) is 48.5 Å². The number of β-amino-alcohol motifs (C(OH)–C–C–N with tert-alkyl or cyclic N) is 1. The zero-order chi connectivity index (χ0) is 26.5. The van der Waals surface area contributed by atoms with E-state index in [4.69, 9.17) is 9.47 Å². The predicted octanol–water partition coefficient (Wildman–Crippen LogP) is 3.99. The molecule has 0 amide bonds. The van der Waals surface area contributed by atoms with Crippen molar-refractivity contribution in [3.8, 4) is 11.5 Å². The minimum absolute atomic E-state index is 0.101. The Balaban J connectivity index is 1.89. The number of rotatable bonds is 9. The normalized spacial score (nSPS) is 20.9. The summed E-state index contributed by atoms with van der Waals surface area (Å²) < 4.78 is 25.9. The zero-order valence-corrected chi connectivity index (χ0v) is 21.4. The van der Waals surface area contributed by atoms with Gasteiger partial charge in [-0.1, -0.05) is 36.4 Å². The van der Waals surface area contributed by atoms with Crippen LogP contribution in [0.1, 0.15) is 38.9 Å². The highest BCUT2D eigenvalue weighted by Gasteiger charge is 2.44. The molecule has 4 atom stereocenters. The van der Waals surface area contributed by atoms with E-state index in [1.54, 1.807) is 57.5 Å². The smallest absolute Gasteiger partial charge is 0.167 e. The van der Waals surface area contributed by atoms with Gasteiger partial charge in [0.05, 0.1) is 26.9 Å². The van der Waals surface area contributed by atoms with E-state index < -0.39 is 12.0 Å². The molecule has 195 valence electrons. The molecule has 1 saturated heterocycles. The topological polar surface area (TPSA) is 79.2 Å². The van der Waals surface area contributed by atoms with Gasteiger partial charge in [-0.2, -0.15) is 0 Å².